The van der Waals surface area contributed by atoms with Gasteiger partial charge in [-0.3, -0.25) is 14.9 Å². The van der Waals surface area contributed by atoms with Crippen molar-refractivity contribution < 1.29 is 24.0 Å². The van der Waals surface area contributed by atoms with Crippen molar-refractivity contribution in [3.8, 4) is 11.5 Å². The molecule has 0 radical (unpaired) electrons. The lowest BCUT2D eigenvalue weighted by atomic mass is 10.2. The van der Waals surface area contributed by atoms with Gasteiger partial charge < -0.3 is 14.4 Å². The van der Waals surface area contributed by atoms with Crippen LogP contribution >= 0.6 is 11.6 Å². The number of nitrogens with zero attached hydrogens (tertiary/aromatic N) is 2. The summed E-state index contributed by atoms with van der Waals surface area (Å²) in [6.07, 6.45) is 0. The maximum absolute atomic E-state index is 12.3. The predicted molar refractivity (Wildman–Crippen MR) is 112 cm³/mol. The van der Waals surface area contributed by atoms with Crippen LogP contribution < -0.4 is 4.74 Å². The van der Waals surface area contributed by atoms with Crippen LogP contribution in [0, 0.1) is 10.1 Å². The Bertz CT molecular complexity index is 920. The van der Waals surface area contributed by atoms with E-state index >= 15 is 0 Å². The maximum atomic E-state index is 12.3. The molecule has 9 heteroatoms. The van der Waals surface area contributed by atoms with Gasteiger partial charge in [0.2, 0.25) is 5.75 Å². The lowest BCUT2D eigenvalue weighted by Gasteiger charge is -2.30. The molecule has 0 saturated carbocycles. The second-order valence-corrected chi connectivity index (χ2v) is 7.50. The highest BCUT2D eigenvalue weighted by molar-refractivity contribution is 6.30. The van der Waals surface area contributed by atoms with Gasteiger partial charge in [-0.2, -0.15) is 0 Å². The molecule has 2 rings (SSSR count). The van der Waals surface area contributed by atoms with Gasteiger partial charge in [0.15, 0.2) is 6.61 Å². The van der Waals surface area contributed by atoms with Crippen molar-refractivity contribution in [2.75, 3.05) is 6.61 Å². The van der Waals surface area contributed by atoms with Crippen LogP contribution in [0.4, 0.5) is 5.69 Å². The van der Waals surface area contributed by atoms with Crippen LogP contribution in [0.1, 0.15) is 38.1 Å². The van der Waals surface area contributed by atoms with E-state index in [9.17, 15) is 19.7 Å². The molecular formula is C21H23ClN2O6. The zero-order valence-electron chi connectivity index (χ0n) is 17.1. The van der Waals surface area contributed by atoms with E-state index in [0.29, 0.717) is 5.75 Å². The van der Waals surface area contributed by atoms with Crippen LogP contribution in [0.25, 0.3) is 0 Å². The molecule has 30 heavy (non-hydrogen) atoms. The molecule has 0 N–H and O–H groups in total. The van der Waals surface area contributed by atoms with Crippen molar-refractivity contribution >= 4 is 29.2 Å². The molecule has 0 bridgehead atoms. The summed E-state index contributed by atoms with van der Waals surface area (Å²) in [5.74, 6) is -0.616. The van der Waals surface area contributed by atoms with E-state index in [4.69, 9.17) is 21.1 Å². The summed E-state index contributed by atoms with van der Waals surface area (Å²) >= 11 is 5.79. The quantitative estimate of drug-likeness (QED) is 0.335. The number of ether oxygens (including phenoxy) is 2. The Balaban J connectivity index is 2.03. The molecule has 2 aromatic carbocycles. The van der Waals surface area contributed by atoms with Crippen LogP contribution in [0.2, 0.25) is 5.02 Å². The molecule has 0 aliphatic rings. The standard InChI is InChI=1S/C21H23ClN2O6/c1-13(2)23(14(3)4)20(25)12-29-21(26)15-5-8-17(9-6-15)30-19-10-7-16(22)11-18(19)24(27)28/h5-11,13-14H,12H2,1-4H3. The van der Waals surface area contributed by atoms with Crippen molar-refractivity contribution in [3.05, 3.63) is 63.2 Å². The normalized spacial score (nSPS) is 10.8. The van der Waals surface area contributed by atoms with Gasteiger partial charge in [0.05, 0.1) is 10.5 Å². The minimum absolute atomic E-state index is 0.00967. The number of carbonyl (C=O) groups excluding carboxylic acids is 2. The number of hydrogen-bond acceptors (Lipinski definition) is 6. The van der Waals surface area contributed by atoms with Crippen molar-refractivity contribution in [1.82, 2.24) is 4.90 Å². The van der Waals surface area contributed by atoms with Gasteiger partial charge in [0, 0.05) is 23.2 Å². The second-order valence-electron chi connectivity index (χ2n) is 7.06. The van der Waals surface area contributed by atoms with Gasteiger partial charge >= 0.3 is 11.7 Å². The number of hydrogen-bond donors (Lipinski definition) is 0. The van der Waals surface area contributed by atoms with Crippen LogP contribution in [-0.4, -0.2) is 40.4 Å². The highest BCUT2D eigenvalue weighted by Crippen LogP contribution is 2.33. The number of halogens is 1. The van der Waals surface area contributed by atoms with E-state index < -0.39 is 10.9 Å². The molecule has 0 fully saturated rings. The number of amides is 1. The summed E-state index contributed by atoms with van der Waals surface area (Å²) < 4.78 is 10.6. The molecule has 2 aromatic rings. The highest BCUT2D eigenvalue weighted by atomic mass is 35.5. The van der Waals surface area contributed by atoms with E-state index in [1.165, 1.54) is 42.5 Å². The first-order valence-electron chi connectivity index (χ1n) is 9.30. The van der Waals surface area contributed by atoms with Gasteiger partial charge in [-0.15, -0.1) is 0 Å². The van der Waals surface area contributed by atoms with Gasteiger partial charge in [-0.05, 0) is 64.1 Å². The lowest BCUT2D eigenvalue weighted by Crippen LogP contribution is -2.44. The monoisotopic (exact) mass is 434 g/mol. The number of rotatable bonds is 8. The molecule has 0 spiro atoms. The fourth-order valence-corrected chi connectivity index (χ4v) is 3.13. The Labute approximate surface area is 179 Å². The molecule has 0 unspecified atom stereocenters. The smallest absolute Gasteiger partial charge is 0.338 e. The fraction of sp³-hybridized carbons (Fsp3) is 0.333. The molecule has 160 valence electrons. The van der Waals surface area contributed by atoms with Crippen LogP contribution in [0.5, 0.6) is 11.5 Å². The average Bonchev–Trinajstić information content (AvgIpc) is 2.67. The minimum atomic E-state index is -0.653. The molecule has 0 aliphatic heterocycles. The van der Waals surface area contributed by atoms with Gasteiger partial charge in [-0.25, -0.2) is 4.79 Å². The summed E-state index contributed by atoms with van der Waals surface area (Å²) in [6.45, 7) is 7.21. The Morgan fingerprint density at radius 3 is 2.20 bits per heavy atom. The van der Waals surface area contributed by atoms with E-state index in [1.807, 2.05) is 27.7 Å². The zero-order valence-corrected chi connectivity index (χ0v) is 17.9. The zero-order chi connectivity index (χ0) is 22.4. The fourth-order valence-electron chi connectivity index (χ4n) is 2.96. The van der Waals surface area contributed by atoms with Crippen LogP contribution in [0.3, 0.4) is 0 Å². The predicted octanol–water partition coefficient (Wildman–Crippen LogP) is 4.84. The summed E-state index contributed by atoms with van der Waals surface area (Å²) in [7, 11) is 0. The second kappa shape index (κ2) is 10.1. The number of esters is 1. The third kappa shape index (κ3) is 5.93. The molecule has 8 nitrogen and oxygen atoms in total. The molecule has 0 aromatic heterocycles. The number of nitro groups is 1. The number of nitro benzene ring substituents is 1. The van der Waals surface area contributed by atoms with E-state index in [0.717, 1.165) is 0 Å². The van der Waals surface area contributed by atoms with Gasteiger partial charge in [0.25, 0.3) is 5.91 Å². The summed E-state index contributed by atoms with van der Waals surface area (Å²) in [6, 6.07) is 9.90. The van der Waals surface area contributed by atoms with E-state index in [1.54, 1.807) is 4.90 Å². The van der Waals surface area contributed by atoms with Crippen LogP contribution in [0.15, 0.2) is 42.5 Å². The Hall–Kier alpha value is -3.13. The summed E-state index contributed by atoms with van der Waals surface area (Å²) in [5, 5.41) is 11.4. The Morgan fingerprint density at radius 1 is 1.07 bits per heavy atom. The number of benzene rings is 2. The SMILES string of the molecule is CC(C)N(C(=O)COC(=O)c1ccc(Oc2ccc(Cl)cc2[N+](=O)[O-])cc1)C(C)C. The van der Waals surface area contributed by atoms with Gasteiger partial charge in [0.1, 0.15) is 5.75 Å². The van der Waals surface area contributed by atoms with Crippen molar-refractivity contribution in [2.24, 2.45) is 0 Å². The first-order chi connectivity index (χ1) is 14.1. The lowest BCUT2D eigenvalue weighted by molar-refractivity contribution is -0.385. The molecule has 0 aliphatic carbocycles. The van der Waals surface area contributed by atoms with Crippen molar-refractivity contribution in [2.45, 2.75) is 39.8 Å². The summed E-state index contributed by atoms with van der Waals surface area (Å²) in [5.41, 5.74) is -0.0502. The average molecular weight is 435 g/mol. The molecule has 0 saturated heterocycles. The maximum Gasteiger partial charge on any atom is 0.338 e. The van der Waals surface area contributed by atoms with Gasteiger partial charge in [-0.1, -0.05) is 11.6 Å². The summed E-state index contributed by atoms with van der Waals surface area (Å²) in [4.78, 5) is 36.7. The third-order valence-corrected chi connectivity index (χ3v) is 4.40. The Morgan fingerprint density at radius 2 is 1.67 bits per heavy atom. The largest absolute Gasteiger partial charge is 0.452 e. The first kappa shape index (κ1) is 23.2. The Kier molecular flexibility index (Phi) is 7.77. The third-order valence-electron chi connectivity index (χ3n) is 4.16. The minimum Gasteiger partial charge on any atom is -0.452 e. The molecule has 0 heterocycles. The van der Waals surface area contributed by atoms with Crippen LogP contribution in [-0.2, 0) is 9.53 Å². The molecule has 1 amide bonds. The topological polar surface area (TPSA) is 99.0 Å². The molecular weight excluding hydrogens is 412 g/mol. The highest BCUT2D eigenvalue weighted by Gasteiger charge is 2.22. The van der Waals surface area contributed by atoms with E-state index in [2.05, 4.69) is 0 Å². The first-order valence-corrected chi connectivity index (χ1v) is 9.68. The van der Waals surface area contributed by atoms with Crippen molar-refractivity contribution in [1.29, 1.82) is 0 Å². The molecule has 0 atom stereocenters. The van der Waals surface area contributed by atoms with Crippen molar-refractivity contribution in [3.63, 3.8) is 0 Å². The number of carbonyl (C=O) groups is 2. The van der Waals surface area contributed by atoms with E-state index in [-0.39, 0.29) is 46.6 Å².